The fourth-order valence-electron chi connectivity index (χ4n) is 3.35. The summed E-state index contributed by atoms with van der Waals surface area (Å²) in [5.74, 6) is 0.00199. The average Bonchev–Trinajstić information content (AvgIpc) is 2.58. The van der Waals surface area contributed by atoms with Crippen molar-refractivity contribution in [1.29, 1.82) is 0 Å². The second-order valence-corrected chi connectivity index (χ2v) is 6.54. The number of morpholine rings is 1. The SMILES string of the molecule is COc1ccc(NC(=O)C[C@@H]2C(=O)OC[C@@H]3CCCCN32)cc1Cl. The number of nitrogens with one attached hydrogen (secondary N) is 1. The minimum atomic E-state index is -0.502. The van der Waals surface area contributed by atoms with Crippen LogP contribution in [-0.4, -0.2) is 49.1 Å². The zero-order valence-electron chi connectivity index (χ0n) is 13.6. The molecule has 1 N–H and O–H groups in total. The number of carbonyl (C=O) groups excluding carboxylic acids is 2. The highest BCUT2D eigenvalue weighted by atomic mass is 35.5. The molecule has 0 spiro atoms. The molecule has 1 aromatic rings. The second kappa shape index (κ2) is 7.40. The third-order valence-corrected chi connectivity index (χ3v) is 4.87. The monoisotopic (exact) mass is 352 g/mol. The number of rotatable bonds is 4. The van der Waals surface area contributed by atoms with Crippen molar-refractivity contribution in [3.63, 3.8) is 0 Å². The Bertz CT molecular complexity index is 637. The summed E-state index contributed by atoms with van der Waals surface area (Å²) >= 11 is 6.06. The van der Waals surface area contributed by atoms with Crippen molar-refractivity contribution in [2.24, 2.45) is 0 Å². The molecule has 2 aliphatic heterocycles. The van der Waals surface area contributed by atoms with Gasteiger partial charge in [-0.3, -0.25) is 14.5 Å². The Hall–Kier alpha value is -1.79. The van der Waals surface area contributed by atoms with Gasteiger partial charge < -0.3 is 14.8 Å². The maximum Gasteiger partial charge on any atom is 0.323 e. The average molecular weight is 353 g/mol. The minimum Gasteiger partial charge on any atom is -0.495 e. The molecule has 130 valence electrons. The van der Waals surface area contributed by atoms with Gasteiger partial charge in [-0.25, -0.2) is 0 Å². The van der Waals surface area contributed by atoms with Gasteiger partial charge in [0.1, 0.15) is 18.4 Å². The van der Waals surface area contributed by atoms with Crippen LogP contribution in [0.15, 0.2) is 18.2 Å². The number of carbonyl (C=O) groups is 2. The van der Waals surface area contributed by atoms with E-state index in [9.17, 15) is 9.59 Å². The zero-order chi connectivity index (χ0) is 17.1. The maximum atomic E-state index is 12.3. The van der Waals surface area contributed by atoms with Crippen LogP contribution in [0.5, 0.6) is 5.75 Å². The lowest BCUT2D eigenvalue weighted by molar-refractivity contribution is -0.165. The number of anilines is 1. The highest BCUT2D eigenvalue weighted by molar-refractivity contribution is 6.32. The van der Waals surface area contributed by atoms with Crippen LogP contribution in [0.4, 0.5) is 5.69 Å². The van der Waals surface area contributed by atoms with Crippen molar-refractivity contribution >= 4 is 29.2 Å². The van der Waals surface area contributed by atoms with Crippen LogP contribution in [0.2, 0.25) is 5.02 Å². The van der Waals surface area contributed by atoms with Gasteiger partial charge in [0.05, 0.1) is 18.6 Å². The molecule has 1 amide bonds. The Balaban J connectivity index is 1.64. The number of fused-ring (bicyclic) bond motifs is 1. The van der Waals surface area contributed by atoms with Crippen LogP contribution in [0.1, 0.15) is 25.7 Å². The fourth-order valence-corrected chi connectivity index (χ4v) is 3.61. The highest BCUT2D eigenvalue weighted by Crippen LogP contribution is 2.28. The topological polar surface area (TPSA) is 67.9 Å². The molecule has 0 saturated carbocycles. The van der Waals surface area contributed by atoms with Crippen molar-refractivity contribution in [2.45, 2.75) is 37.8 Å². The van der Waals surface area contributed by atoms with E-state index in [1.165, 1.54) is 7.11 Å². The molecule has 3 rings (SSSR count). The molecule has 0 aliphatic carbocycles. The van der Waals surface area contributed by atoms with Crippen LogP contribution >= 0.6 is 11.6 Å². The Labute approximate surface area is 146 Å². The van der Waals surface area contributed by atoms with Gasteiger partial charge in [-0.15, -0.1) is 0 Å². The van der Waals surface area contributed by atoms with Crippen LogP contribution in [0.25, 0.3) is 0 Å². The number of cyclic esters (lactones) is 1. The molecular weight excluding hydrogens is 332 g/mol. The number of esters is 1. The van der Waals surface area contributed by atoms with Crippen molar-refractivity contribution in [3.05, 3.63) is 23.2 Å². The van der Waals surface area contributed by atoms with E-state index in [4.69, 9.17) is 21.1 Å². The second-order valence-electron chi connectivity index (χ2n) is 6.13. The molecule has 2 aliphatic rings. The molecule has 0 bridgehead atoms. The van der Waals surface area contributed by atoms with Gasteiger partial charge in [-0.1, -0.05) is 18.0 Å². The van der Waals surface area contributed by atoms with E-state index in [-0.39, 0.29) is 24.3 Å². The number of methoxy groups -OCH3 is 1. The Morgan fingerprint density at radius 1 is 1.46 bits per heavy atom. The maximum absolute atomic E-state index is 12.3. The van der Waals surface area contributed by atoms with Crippen LogP contribution in [-0.2, 0) is 14.3 Å². The molecule has 2 heterocycles. The Morgan fingerprint density at radius 3 is 3.04 bits per heavy atom. The van der Waals surface area contributed by atoms with E-state index in [0.717, 1.165) is 25.8 Å². The predicted molar refractivity (Wildman–Crippen MR) is 90.3 cm³/mol. The van der Waals surface area contributed by atoms with Gasteiger partial charge in [-0.2, -0.15) is 0 Å². The van der Waals surface area contributed by atoms with E-state index >= 15 is 0 Å². The number of hydrogen-bond acceptors (Lipinski definition) is 5. The number of ether oxygens (including phenoxy) is 2. The zero-order valence-corrected chi connectivity index (χ0v) is 14.3. The van der Waals surface area contributed by atoms with E-state index in [1.807, 2.05) is 0 Å². The molecule has 0 aromatic heterocycles. The summed E-state index contributed by atoms with van der Waals surface area (Å²) in [4.78, 5) is 26.6. The van der Waals surface area contributed by atoms with Crippen molar-refractivity contribution in [1.82, 2.24) is 4.90 Å². The number of benzene rings is 1. The van der Waals surface area contributed by atoms with Crippen molar-refractivity contribution < 1.29 is 19.1 Å². The fraction of sp³-hybridized carbons (Fsp3) is 0.529. The van der Waals surface area contributed by atoms with Crippen molar-refractivity contribution in [3.8, 4) is 5.75 Å². The number of amides is 1. The minimum absolute atomic E-state index is 0.0823. The summed E-state index contributed by atoms with van der Waals surface area (Å²) in [5, 5.41) is 3.20. The van der Waals surface area contributed by atoms with Crippen LogP contribution in [0.3, 0.4) is 0 Å². The molecule has 7 heteroatoms. The molecular formula is C17H21ClN2O4. The normalized spacial score (nSPS) is 24.0. The number of piperidine rings is 1. The van der Waals surface area contributed by atoms with Gasteiger partial charge in [0, 0.05) is 11.7 Å². The van der Waals surface area contributed by atoms with Gasteiger partial charge >= 0.3 is 5.97 Å². The van der Waals surface area contributed by atoms with Crippen molar-refractivity contribution in [2.75, 3.05) is 25.6 Å². The third kappa shape index (κ3) is 3.65. The molecule has 2 atom stereocenters. The number of hydrogen-bond donors (Lipinski definition) is 1. The lowest BCUT2D eigenvalue weighted by Crippen LogP contribution is -2.57. The van der Waals surface area contributed by atoms with E-state index in [1.54, 1.807) is 18.2 Å². The standard InChI is InChI=1S/C17H21ClN2O4/c1-23-15-6-5-11(8-13(15)18)19-16(21)9-14-17(22)24-10-12-4-2-3-7-20(12)14/h5-6,8,12,14H,2-4,7,9-10H2,1H3,(H,19,21)/t12-,14+/m0/s1. The predicted octanol–water partition coefficient (Wildman–Crippen LogP) is 2.46. The van der Waals surface area contributed by atoms with Crippen LogP contribution < -0.4 is 10.1 Å². The molecule has 6 nitrogen and oxygen atoms in total. The van der Waals surface area contributed by atoms with E-state index < -0.39 is 6.04 Å². The van der Waals surface area contributed by atoms with Gasteiger partial charge in [0.15, 0.2) is 0 Å². The summed E-state index contributed by atoms with van der Waals surface area (Å²) in [7, 11) is 1.53. The molecule has 2 saturated heterocycles. The molecule has 1 aromatic carbocycles. The Morgan fingerprint density at radius 2 is 2.29 bits per heavy atom. The van der Waals surface area contributed by atoms with Gasteiger partial charge in [0.25, 0.3) is 0 Å². The largest absolute Gasteiger partial charge is 0.495 e. The van der Waals surface area contributed by atoms with E-state index in [2.05, 4.69) is 10.2 Å². The van der Waals surface area contributed by atoms with Gasteiger partial charge in [0.2, 0.25) is 5.91 Å². The molecule has 0 radical (unpaired) electrons. The summed E-state index contributed by atoms with van der Waals surface area (Å²) in [6.07, 6.45) is 3.29. The lowest BCUT2D eigenvalue weighted by Gasteiger charge is -2.43. The third-order valence-electron chi connectivity index (χ3n) is 4.58. The first kappa shape index (κ1) is 17.0. The number of nitrogens with zero attached hydrogens (tertiary/aromatic N) is 1. The molecule has 24 heavy (non-hydrogen) atoms. The van der Waals surface area contributed by atoms with Gasteiger partial charge in [-0.05, 0) is 37.6 Å². The quantitative estimate of drug-likeness (QED) is 0.843. The Kier molecular flexibility index (Phi) is 5.26. The summed E-state index contributed by atoms with van der Waals surface area (Å²) in [6.45, 7) is 1.27. The molecule has 0 unspecified atom stereocenters. The smallest absolute Gasteiger partial charge is 0.323 e. The number of halogens is 1. The van der Waals surface area contributed by atoms with E-state index in [0.29, 0.717) is 23.1 Å². The van der Waals surface area contributed by atoms with Crippen LogP contribution in [0, 0.1) is 0 Å². The highest BCUT2D eigenvalue weighted by Gasteiger charge is 2.40. The molecule has 2 fully saturated rings. The first-order valence-corrected chi connectivity index (χ1v) is 8.52. The first-order chi connectivity index (χ1) is 11.6. The summed E-state index contributed by atoms with van der Waals surface area (Å²) in [6, 6.07) is 4.77. The first-order valence-electron chi connectivity index (χ1n) is 8.14. The summed E-state index contributed by atoms with van der Waals surface area (Å²) in [5.41, 5.74) is 0.574. The lowest BCUT2D eigenvalue weighted by atomic mass is 9.97. The summed E-state index contributed by atoms with van der Waals surface area (Å²) < 4.78 is 10.3.